The highest BCUT2D eigenvalue weighted by molar-refractivity contribution is 6.72. The van der Waals surface area contributed by atoms with Crippen molar-refractivity contribution in [3.63, 3.8) is 0 Å². The fraction of sp³-hybridized carbons (Fsp3) is 0.909. The van der Waals surface area contributed by atoms with Crippen LogP contribution >= 0.6 is 0 Å². The van der Waals surface area contributed by atoms with Gasteiger partial charge in [0.05, 0.1) is 0 Å². The molecule has 0 radical (unpaired) electrons. The van der Waals surface area contributed by atoms with Crippen LogP contribution in [0.2, 0.25) is 19.1 Å². The second kappa shape index (κ2) is 7.03. The molecule has 0 saturated carbocycles. The zero-order valence-electron chi connectivity index (χ0n) is 10.7. The van der Waals surface area contributed by atoms with Gasteiger partial charge in [0.15, 0.2) is 0 Å². The summed E-state index contributed by atoms with van der Waals surface area (Å²) < 4.78 is 41.3. The van der Waals surface area contributed by atoms with Crippen LogP contribution in [0.5, 0.6) is 0 Å². The molecule has 0 aliphatic rings. The molecule has 0 aromatic heterocycles. The highest BCUT2D eigenvalue weighted by Gasteiger charge is 2.34. The molecular formula is C11H21F3O2Si. The average Bonchev–Trinajstić information content (AvgIpc) is 2.14. The van der Waals surface area contributed by atoms with Crippen molar-refractivity contribution in [1.29, 1.82) is 0 Å². The zero-order valence-corrected chi connectivity index (χ0v) is 11.7. The van der Waals surface area contributed by atoms with E-state index < -0.39 is 20.9 Å². The van der Waals surface area contributed by atoms with Gasteiger partial charge in [-0.05, 0) is 25.6 Å². The highest BCUT2D eigenvalue weighted by Crippen LogP contribution is 2.26. The number of hydrogen-bond donors (Lipinski definition) is 0. The summed E-state index contributed by atoms with van der Waals surface area (Å²) in [5, 5.41) is 0. The Hall–Kier alpha value is -0.523. The number of unbranched alkanes of at least 4 members (excludes halogenated alkanes) is 2. The molecule has 0 N–H and O–H groups in total. The Kier molecular flexibility index (Phi) is 6.82. The Labute approximate surface area is 102 Å². The molecule has 6 heteroatoms. The molecule has 2 nitrogen and oxygen atoms in total. The van der Waals surface area contributed by atoms with E-state index in [0.717, 1.165) is 19.3 Å². The van der Waals surface area contributed by atoms with E-state index >= 15 is 0 Å². The van der Waals surface area contributed by atoms with Crippen LogP contribution in [0.4, 0.5) is 13.2 Å². The van der Waals surface area contributed by atoms with Crippen LogP contribution in [0.3, 0.4) is 0 Å². The van der Waals surface area contributed by atoms with Crippen LogP contribution in [0.25, 0.3) is 0 Å². The molecule has 0 spiro atoms. The van der Waals surface area contributed by atoms with E-state index in [-0.39, 0.29) is 12.0 Å². The minimum absolute atomic E-state index is 0.0595. The van der Waals surface area contributed by atoms with E-state index in [1.807, 2.05) is 6.92 Å². The molecule has 0 aromatic rings. The predicted molar refractivity (Wildman–Crippen MR) is 63.2 cm³/mol. The molecule has 0 rings (SSSR count). The Morgan fingerprint density at radius 3 is 2.29 bits per heavy atom. The zero-order chi connectivity index (χ0) is 13.5. The van der Waals surface area contributed by atoms with Crippen LogP contribution in [-0.2, 0) is 9.22 Å². The molecule has 0 aromatic carbocycles. The van der Waals surface area contributed by atoms with Crippen LogP contribution in [0.1, 0.15) is 39.0 Å². The van der Waals surface area contributed by atoms with Crippen molar-refractivity contribution in [1.82, 2.24) is 0 Å². The van der Waals surface area contributed by atoms with Crippen LogP contribution in [0.15, 0.2) is 0 Å². The second-order valence-corrected chi connectivity index (χ2v) is 9.03. The third-order valence-electron chi connectivity index (χ3n) is 2.39. The first-order chi connectivity index (χ1) is 7.66. The number of hydrogen-bond acceptors (Lipinski definition) is 2. The van der Waals surface area contributed by atoms with E-state index in [0.29, 0.717) is 6.42 Å². The van der Waals surface area contributed by atoms with Crippen LogP contribution < -0.4 is 0 Å². The third-order valence-corrected chi connectivity index (χ3v) is 4.62. The fourth-order valence-electron chi connectivity index (χ4n) is 1.37. The van der Waals surface area contributed by atoms with Crippen molar-refractivity contribution in [2.45, 2.75) is 64.3 Å². The van der Waals surface area contributed by atoms with Crippen molar-refractivity contribution < 1.29 is 22.4 Å². The summed E-state index contributed by atoms with van der Waals surface area (Å²) in [5.41, 5.74) is 0. The van der Waals surface area contributed by atoms with Gasteiger partial charge in [0.2, 0.25) is 8.32 Å². The van der Waals surface area contributed by atoms with Crippen molar-refractivity contribution in [2.24, 2.45) is 0 Å². The lowest BCUT2D eigenvalue weighted by molar-refractivity contribution is -0.137. The number of carbonyl (C=O) groups is 1. The maximum absolute atomic E-state index is 12.1. The highest BCUT2D eigenvalue weighted by atomic mass is 28.4. The average molecular weight is 270 g/mol. The summed E-state index contributed by atoms with van der Waals surface area (Å²) in [6, 6.07) is -0.0595. The van der Waals surface area contributed by atoms with Gasteiger partial charge in [0.1, 0.15) is 0 Å². The van der Waals surface area contributed by atoms with Gasteiger partial charge in [-0.2, -0.15) is 13.2 Å². The van der Waals surface area contributed by atoms with Crippen molar-refractivity contribution in [3.8, 4) is 0 Å². The standard InChI is InChI=1S/C11H21F3O2Si/c1-4-5-6-7-10(15)16-17(2,3)9-8-11(12,13)14/h4-9H2,1-3H3. The van der Waals surface area contributed by atoms with E-state index in [9.17, 15) is 18.0 Å². The SMILES string of the molecule is CCCCCC(=O)O[Si](C)(C)CCC(F)(F)F. The molecular weight excluding hydrogens is 249 g/mol. The van der Waals surface area contributed by atoms with Crippen LogP contribution in [0, 0.1) is 0 Å². The number of halogens is 3. The smallest absolute Gasteiger partial charge is 0.388 e. The first-order valence-electron chi connectivity index (χ1n) is 5.95. The molecule has 0 amide bonds. The Morgan fingerprint density at radius 2 is 1.82 bits per heavy atom. The van der Waals surface area contributed by atoms with Crippen molar-refractivity contribution in [2.75, 3.05) is 0 Å². The summed E-state index contributed by atoms with van der Waals surface area (Å²) in [6.45, 7) is 5.32. The molecule has 0 fully saturated rings. The summed E-state index contributed by atoms with van der Waals surface area (Å²) >= 11 is 0. The van der Waals surface area contributed by atoms with Gasteiger partial charge in [0.25, 0.3) is 5.97 Å². The van der Waals surface area contributed by atoms with E-state index in [4.69, 9.17) is 4.43 Å². The van der Waals surface area contributed by atoms with E-state index in [1.165, 1.54) is 0 Å². The monoisotopic (exact) mass is 270 g/mol. The van der Waals surface area contributed by atoms with Crippen LogP contribution in [-0.4, -0.2) is 20.5 Å². The first kappa shape index (κ1) is 16.5. The minimum Gasteiger partial charge on any atom is -0.520 e. The lowest BCUT2D eigenvalue weighted by Crippen LogP contribution is -2.34. The molecule has 0 bridgehead atoms. The maximum atomic E-state index is 12.1. The lowest BCUT2D eigenvalue weighted by Gasteiger charge is -2.23. The van der Waals surface area contributed by atoms with Gasteiger partial charge >= 0.3 is 6.18 Å². The van der Waals surface area contributed by atoms with Gasteiger partial charge in [0, 0.05) is 12.8 Å². The van der Waals surface area contributed by atoms with Gasteiger partial charge < -0.3 is 4.43 Å². The topological polar surface area (TPSA) is 26.3 Å². The largest absolute Gasteiger partial charge is 0.520 e. The third kappa shape index (κ3) is 10.4. The maximum Gasteiger partial charge on any atom is 0.388 e. The summed E-state index contributed by atoms with van der Waals surface area (Å²) in [6.07, 6.45) is -2.02. The van der Waals surface area contributed by atoms with Crippen molar-refractivity contribution >= 4 is 14.3 Å². The Morgan fingerprint density at radius 1 is 1.24 bits per heavy atom. The Balaban J connectivity index is 3.94. The predicted octanol–water partition coefficient (Wildman–Crippen LogP) is 4.27. The molecule has 0 unspecified atom stereocenters. The molecule has 102 valence electrons. The fourth-order valence-corrected chi connectivity index (χ4v) is 3.08. The molecule has 0 atom stereocenters. The number of rotatable bonds is 7. The van der Waals surface area contributed by atoms with Crippen molar-refractivity contribution in [3.05, 3.63) is 0 Å². The molecule has 17 heavy (non-hydrogen) atoms. The van der Waals surface area contributed by atoms with E-state index in [2.05, 4.69) is 0 Å². The van der Waals surface area contributed by atoms with Gasteiger partial charge in [-0.25, -0.2) is 0 Å². The Bertz CT molecular complexity index is 239. The number of carbonyl (C=O) groups excluding carboxylic acids is 1. The summed E-state index contributed by atoms with van der Waals surface area (Å²) in [5.74, 6) is -0.350. The van der Waals surface area contributed by atoms with E-state index in [1.54, 1.807) is 13.1 Å². The molecule has 0 aliphatic heterocycles. The van der Waals surface area contributed by atoms with Gasteiger partial charge in [-0.1, -0.05) is 19.8 Å². The summed E-state index contributed by atoms with van der Waals surface area (Å²) in [7, 11) is -2.51. The van der Waals surface area contributed by atoms with Gasteiger partial charge in [-0.3, -0.25) is 4.79 Å². The van der Waals surface area contributed by atoms with Gasteiger partial charge in [-0.15, -0.1) is 0 Å². The normalized spacial score (nSPS) is 12.6. The molecule has 0 heterocycles. The molecule has 0 aliphatic carbocycles. The first-order valence-corrected chi connectivity index (χ1v) is 9.06. The summed E-state index contributed by atoms with van der Waals surface area (Å²) in [4.78, 5) is 11.4. The second-order valence-electron chi connectivity index (χ2n) is 4.81. The lowest BCUT2D eigenvalue weighted by atomic mass is 10.2. The quantitative estimate of drug-likeness (QED) is 0.510. The molecule has 0 saturated heterocycles. The minimum atomic E-state index is -4.17. The number of alkyl halides is 3.